The average molecular weight is 317 g/mol. The van der Waals surface area contributed by atoms with Crippen LogP contribution < -0.4 is 5.32 Å². The van der Waals surface area contributed by atoms with Gasteiger partial charge in [0, 0.05) is 19.2 Å². The maximum absolute atomic E-state index is 11.8. The lowest BCUT2D eigenvalue weighted by atomic mass is 10.2. The molecule has 1 aromatic carbocycles. The normalized spacial score (nSPS) is 10.1. The van der Waals surface area contributed by atoms with Crippen molar-refractivity contribution < 1.29 is 14.5 Å². The molecule has 0 fully saturated rings. The number of carbonyl (C=O) groups is 1. The third-order valence-corrected chi connectivity index (χ3v) is 2.99. The third-order valence-electron chi connectivity index (χ3n) is 2.16. The summed E-state index contributed by atoms with van der Waals surface area (Å²) in [4.78, 5) is 22.0. The lowest BCUT2D eigenvalue weighted by Gasteiger charge is -2.07. The van der Waals surface area contributed by atoms with Gasteiger partial charge in [0.05, 0.1) is 17.1 Å². The minimum atomic E-state index is -0.541. The summed E-state index contributed by atoms with van der Waals surface area (Å²) in [6, 6.07) is 4.33. The van der Waals surface area contributed by atoms with E-state index >= 15 is 0 Å². The molecule has 1 N–H and O–H groups in total. The molecule has 0 aliphatic carbocycles. The fourth-order valence-electron chi connectivity index (χ4n) is 1.31. The molecule has 0 unspecified atom stereocenters. The topological polar surface area (TPSA) is 81.5 Å². The van der Waals surface area contributed by atoms with E-state index in [0.29, 0.717) is 19.8 Å². The number of amides is 1. The van der Waals surface area contributed by atoms with Crippen molar-refractivity contribution in [3.63, 3.8) is 0 Å². The number of rotatable bonds is 6. The van der Waals surface area contributed by atoms with Gasteiger partial charge in [0.2, 0.25) is 0 Å². The van der Waals surface area contributed by atoms with Gasteiger partial charge in [0.25, 0.3) is 11.6 Å². The van der Waals surface area contributed by atoms with Crippen LogP contribution >= 0.6 is 15.9 Å². The quantitative estimate of drug-likeness (QED) is 0.495. The highest BCUT2D eigenvalue weighted by Crippen LogP contribution is 2.27. The second kappa shape index (κ2) is 7.07. The van der Waals surface area contributed by atoms with Crippen LogP contribution in [0.25, 0.3) is 0 Å². The van der Waals surface area contributed by atoms with E-state index in [1.54, 1.807) is 0 Å². The Morgan fingerprint density at radius 2 is 2.28 bits per heavy atom. The van der Waals surface area contributed by atoms with Gasteiger partial charge < -0.3 is 10.1 Å². The number of carbonyl (C=O) groups excluding carboxylic acids is 1. The first kappa shape index (κ1) is 14.6. The molecule has 0 saturated heterocycles. The largest absolute Gasteiger partial charge is 0.380 e. The van der Waals surface area contributed by atoms with Crippen LogP contribution in [0.4, 0.5) is 5.69 Å². The maximum Gasteiger partial charge on any atom is 0.284 e. The maximum atomic E-state index is 11.8. The number of hydrogen-bond acceptors (Lipinski definition) is 4. The predicted octanol–water partition coefficient (Wildman–Crippen LogP) is 2.12. The summed E-state index contributed by atoms with van der Waals surface area (Å²) in [5.74, 6) is -0.370. The Balaban J connectivity index is 2.74. The van der Waals surface area contributed by atoms with E-state index < -0.39 is 4.92 Å². The summed E-state index contributed by atoms with van der Waals surface area (Å²) in [6.45, 7) is 3.21. The van der Waals surface area contributed by atoms with E-state index in [1.165, 1.54) is 18.2 Å². The first-order chi connectivity index (χ1) is 8.57. The molecule has 1 aromatic rings. The second-order valence-electron chi connectivity index (χ2n) is 3.35. The van der Waals surface area contributed by atoms with Crippen LogP contribution in [0.2, 0.25) is 0 Å². The Labute approximate surface area is 113 Å². The van der Waals surface area contributed by atoms with Crippen LogP contribution in [-0.2, 0) is 4.74 Å². The van der Waals surface area contributed by atoms with Crippen LogP contribution in [0.5, 0.6) is 0 Å². The molecule has 7 heteroatoms. The SMILES string of the molecule is CCOCCNC(=O)c1cccc([N+](=O)[O-])c1Br. The van der Waals surface area contributed by atoms with Gasteiger partial charge in [0.15, 0.2) is 0 Å². The van der Waals surface area contributed by atoms with Crippen LogP contribution in [0, 0.1) is 10.1 Å². The first-order valence-corrected chi connectivity index (χ1v) is 6.16. The molecule has 0 spiro atoms. The van der Waals surface area contributed by atoms with Crippen molar-refractivity contribution in [2.75, 3.05) is 19.8 Å². The number of nitro benzene ring substituents is 1. The highest BCUT2D eigenvalue weighted by Gasteiger charge is 2.18. The molecular formula is C11H13BrN2O4. The van der Waals surface area contributed by atoms with Crippen molar-refractivity contribution in [2.45, 2.75) is 6.92 Å². The zero-order valence-corrected chi connectivity index (χ0v) is 11.4. The summed E-state index contributed by atoms with van der Waals surface area (Å²) >= 11 is 3.07. The second-order valence-corrected chi connectivity index (χ2v) is 4.14. The van der Waals surface area contributed by atoms with Crippen molar-refractivity contribution in [3.05, 3.63) is 38.3 Å². The van der Waals surface area contributed by atoms with Crippen LogP contribution in [0.1, 0.15) is 17.3 Å². The zero-order chi connectivity index (χ0) is 13.5. The fraction of sp³-hybridized carbons (Fsp3) is 0.364. The fourth-order valence-corrected chi connectivity index (χ4v) is 1.90. The number of hydrogen-bond donors (Lipinski definition) is 1. The molecular weight excluding hydrogens is 304 g/mol. The van der Waals surface area contributed by atoms with Gasteiger partial charge in [-0.1, -0.05) is 6.07 Å². The van der Waals surface area contributed by atoms with Gasteiger partial charge in [-0.05, 0) is 28.9 Å². The number of halogens is 1. The molecule has 18 heavy (non-hydrogen) atoms. The van der Waals surface area contributed by atoms with Gasteiger partial charge in [0.1, 0.15) is 4.47 Å². The summed E-state index contributed by atoms with van der Waals surface area (Å²) in [5.41, 5.74) is 0.105. The Morgan fingerprint density at radius 1 is 1.56 bits per heavy atom. The Morgan fingerprint density at radius 3 is 2.89 bits per heavy atom. The van der Waals surface area contributed by atoms with Crippen molar-refractivity contribution in [3.8, 4) is 0 Å². The van der Waals surface area contributed by atoms with E-state index in [-0.39, 0.29) is 21.6 Å². The highest BCUT2D eigenvalue weighted by molar-refractivity contribution is 9.10. The molecule has 0 bridgehead atoms. The number of benzene rings is 1. The molecule has 0 atom stereocenters. The zero-order valence-electron chi connectivity index (χ0n) is 9.81. The van der Waals surface area contributed by atoms with Gasteiger partial charge in [-0.2, -0.15) is 0 Å². The number of nitrogens with zero attached hydrogens (tertiary/aromatic N) is 1. The summed E-state index contributed by atoms with van der Waals surface area (Å²) in [7, 11) is 0. The minimum Gasteiger partial charge on any atom is -0.380 e. The van der Waals surface area contributed by atoms with Gasteiger partial charge in [-0.15, -0.1) is 0 Å². The van der Waals surface area contributed by atoms with Crippen LogP contribution in [0.15, 0.2) is 22.7 Å². The van der Waals surface area contributed by atoms with E-state index in [0.717, 1.165) is 0 Å². The molecule has 0 aliphatic heterocycles. The lowest BCUT2D eigenvalue weighted by molar-refractivity contribution is -0.385. The van der Waals surface area contributed by atoms with Crippen LogP contribution in [-0.4, -0.2) is 30.6 Å². The molecule has 0 aromatic heterocycles. The average Bonchev–Trinajstić information content (AvgIpc) is 2.34. The molecule has 0 aliphatic rings. The van der Waals surface area contributed by atoms with Gasteiger partial charge >= 0.3 is 0 Å². The van der Waals surface area contributed by atoms with Gasteiger partial charge in [-0.3, -0.25) is 14.9 Å². The highest BCUT2D eigenvalue weighted by atomic mass is 79.9. The van der Waals surface area contributed by atoms with Crippen molar-refractivity contribution >= 4 is 27.5 Å². The molecule has 1 rings (SSSR count). The molecule has 1 amide bonds. The standard InChI is InChI=1S/C11H13BrN2O4/c1-2-18-7-6-13-11(15)8-4-3-5-9(10(8)12)14(16)17/h3-5H,2,6-7H2,1H3,(H,13,15). The predicted molar refractivity (Wildman–Crippen MR) is 69.6 cm³/mol. The molecule has 0 saturated carbocycles. The third kappa shape index (κ3) is 3.78. The molecule has 0 radical (unpaired) electrons. The van der Waals surface area contributed by atoms with Crippen molar-refractivity contribution in [1.29, 1.82) is 0 Å². The van der Waals surface area contributed by atoms with Crippen molar-refractivity contribution in [2.24, 2.45) is 0 Å². The number of nitro groups is 1. The smallest absolute Gasteiger partial charge is 0.284 e. The van der Waals surface area contributed by atoms with E-state index in [1.807, 2.05) is 6.92 Å². The Bertz CT molecular complexity index is 451. The number of ether oxygens (including phenoxy) is 1. The van der Waals surface area contributed by atoms with E-state index in [4.69, 9.17) is 4.74 Å². The summed E-state index contributed by atoms with van der Waals surface area (Å²) < 4.78 is 5.26. The monoisotopic (exact) mass is 316 g/mol. The van der Waals surface area contributed by atoms with E-state index in [2.05, 4.69) is 21.2 Å². The van der Waals surface area contributed by atoms with Crippen LogP contribution in [0.3, 0.4) is 0 Å². The molecule has 98 valence electrons. The minimum absolute atomic E-state index is 0.132. The summed E-state index contributed by atoms with van der Waals surface area (Å²) in [5, 5.41) is 13.3. The summed E-state index contributed by atoms with van der Waals surface area (Å²) in [6.07, 6.45) is 0. The van der Waals surface area contributed by atoms with E-state index in [9.17, 15) is 14.9 Å². The number of nitrogens with one attached hydrogen (secondary N) is 1. The van der Waals surface area contributed by atoms with Gasteiger partial charge in [-0.25, -0.2) is 0 Å². The molecule has 6 nitrogen and oxygen atoms in total. The molecule has 0 heterocycles. The Kier molecular flexibility index (Phi) is 5.73. The van der Waals surface area contributed by atoms with Crippen molar-refractivity contribution in [1.82, 2.24) is 5.32 Å². The lowest BCUT2D eigenvalue weighted by Crippen LogP contribution is -2.27. The Hall–Kier alpha value is -1.47. The first-order valence-electron chi connectivity index (χ1n) is 5.36.